The monoisotopic (exact) mass is 343 g/mol. The molecule has 0 aliphatic carbocycles. The zero-order valence-corrected chi connectivity index (χ0v) is 15.1. The highest BCUT2D eigenvalue weighted by atomic mass is 19.1. The van der Waals surface area contributed by atoms with Gasteiger partial charge in [-0.25, -0.2) is 9.18 Å². The molecule has 24 heavy (non-hydrogen) atoms. The first-order valence-electron chi connectivity index (χ1n) is 8.85. The standard InChI is InChI=1S/C17H30FN3O3/c1-17(2,3)24-16(23)21-7-4-5-14(13-21)15(22)20-11-9-19(8-6-18)10-12-20/h14H,4-13H2,1-3H3/t14-/m1/s1. The minimum atomic E-state index is -0.527. The molecule has 0 saturated carbocycles. The molecule has 0 N–H and O–H groups in total. The summed E-state index contributed by atoms with van der Waals surface area (Å²) in [7, 11) is 0. The van der Waals surface area contributed by atoms with Crippen LogP contribution in [0.1, 0.15) is 33.6 Å². The van der Waals surface area contributed by atoms with Crippen LogP contribution in [0.3, 0.4) is 0 Å². The lowest BCUT2D eigenvalue weighted by Crippen LogP contribution is -2.53. The third-order valence-corrected chi connectivity index (χ3v) is 4.51. The van der Waals surface area contributed by atoms with Crippen molar-refractivity contribution in [2.75, 3.05) is 52.5 Å². The van der Waals surface area contributed by atoms with Crippen molar-refractivity contribution in [3.05, 3.63) is 0 Å². The van der Waals surface area contributed by atoms with Crippen molar-refractivity contribution in [1.29, 1.82) is 0 Å². The Kier molecular flexibility index (Phi) is 6.43. The van der Waals surface area contributed by atoms with Crippen molar-refractivity contribution in [2.45, 2.75) is 39.2 Å². The van der Waals surface area contributed by atoms with Crippen LogP contribution in [0.4, 0.5) is 9.18 Å². The van der Waals surface area contributed by atoms with Gasteiger partial charge in [-0.15, -0.1) is 0 Å². The molecule has 0 unspecified atom stereocenters. The smallest absolute Gasteiger partial charge is 0.410 e. The molecular weight excluding hydrogens is 313 g/mol. The van der Waals surface area contributed by atoms with Gasteiger partial charge in [0.25, 0.3) is 0 Å². The molecule has 0 aromatic carbocycles. The van der Waals surface area contributed by atoms with Crippen LogP contribution in [0, 0.1) is 5.92 Å². The number of likely N-dealkylation sites (tertiary alicyclic amines) is 1. The quantitative estimate of drug-likeness (QED) is 0.783. The first kappa shape index (κ1) is 19.0. The molecule has 0 aromatic heterocycles. The van der Waals surface area contributed by atoms with Gasteiger partial charge < -0.3 is 14.5 Å². The van der Waals surface area contributed by atoms with E-state index in [-0.39, 0.29) is 24.6 Å². The predicted octanol–water partition coefficient (Wildman–Crippen LogP) is 1.75. The van der Waals surface area contributed by atoms with Crippen LogP contribution in [-0.4, -0.2) is 84.8 Å². The summed E-state index contributed by atoms with van der Waals surface area (Å²) in [4.78, 5) is 30.5. The van der Waals surface area contributed by atoms with Gasteiger partial charge in [-0.05, 0) is 33.6 Å². The molecule has 2 amide bonds. The van der Waals surface area contributed by atoms with Crippen molar-refractivity contribution >= 4 is 12.0 Å². The molecule has 2 rings (SSSR count). The highest BCUT2D eigenvalue weighted by molar-refractivity contribution is 5.80. The topological polar surface area (TPSA) is 53.1 Å². The predicted molar refractivity (Wildman–Crippen MR) is 89.5 cm³/mol. The Morgan fingerprint density at radius 1 is 1.08 bits per heavy atom. The van der Waals surface area contributed by atoms with Gasteiger partial charge >= 0.3 is 6.09 Å². The number of alkyl halides is 1. The summed E-state index contributed by atoms with van der Waals surface area (Å²) in [6, 6.07) is 0. The second kappa shape index (κ2) is 8.14. The summed E-state index contributed by atoms with van der Waals surface area (Å²) in [5.74, 6) is -0.0397. The molecule has 1 atom stereocenters. The van der Waals surface area contributed by atoms with E-state index in [9.17, 15) is 14.0 Å². The molecule has 2 aliphatic rings. The molecule has 0 aromatic rings. The summed E-state index contributed by atoms with van der Waals surface area (Å²) in [5.41, 5.74) is -0.527. The van der Waals surface area contributed by atoms with Gasteiger partial charge in [0.2, 0.25) is 5.91 Å². The Labute approximate surface area is 143 Å². The number of ether oxygens (including phenoxy) is 1. The minimum Gasteiger partial charge on any atom is -0.444 e. The van der Waals surface area contributed by atoms with E-state index in [1.807, 2.05) is 30.6 Å². The van der Waals surface area contributed by atoms with Crippen molar-refractivity contribution in [1.82, 2.24) is 14.7 Å². The normalized spacial score (nSPS) is 23.2. The summed E-state index contributed by atoms with van der Waals surface area (Å²) in [6.07, 6.45) is 1.29. The molecule has 6 nitrogen and oxygen atoms in total. The molecule has 138 valence electrons. The second-order valence-electron chi connectivity index (χ2n) is 7.62. The fourth-order valence-electron chi connectivity index (χ4n) is 3.24. The molecule has 2 fully saturated rings. The average molecular weight is 343 g/mol. The van der Waals surface area contributed by atoms with Crippen LogP contribution in [-0.2, 0) is 9.53 Å². The first-order chi connectivity index (χ1) is 11.3. The lowest BCUT2D eigenvalue weighted by Gasteiger charge is -2.39. The fraction of sp³-hybridized carbons (Fsp3) is 0.882. The van der Waals surface area contributed by atoms with Crippen molar-refractivity contribution in [3.8, 4) is 0 Å². The van der Waals surface area contributed by atoms with E-state index >= 15 is 0 Å². The van der Waals surface area contributed by atoms with Crippen molar-refractivity contribution in [2.24, 2.45) is 5.92 Å². The third-order valence-electron chi connectivity index (χ3n) is 4.51. The van der Waals surface area contributed by atoms with Gasteiger partial charge in [-0.2, -0.15) is 0 Å². The summed E-state index contributed by atoms with van der Waals surface area (Å²) >= 11 is 0. The molecule has 2 saturated heterocycles. The number of piperidine rings is 1. The summed E-state index contributed by atoms with van der Waals surface area (Å²) in [6.45, 7) is 9.41. The van der Waals surface area contributed by atoms with Crippen LogP contribution < -0.4 is 0 Å². The number of rotatable bonds is 3. The van der Waals surface area contributed by atoms with Gasteiger partial charge in [0.1, 0.15) is 12.3 Å². The number of carbonyl (C=O) groups is 2. The van der Waals surface area contributed by atoms with E-state index < -0.39 is 5.60 Å². The number of piperazine rings is 1. The Bertz CT molecular complexity index is 445. The fourth-order valence-corrected chi connectivity index (χ4v) is 3.24. The molecule has 0 bridgehead atoms. The zero-order valence-electron chi connectivity index (χ0n) is 15.1. The largest absolute Gasteiger partial charge is 0.444 e. The van der Waals surface area contributed by atoms with Crippen LogP contribution in [0.5, 0.6) is 0 Å². The van der Waals surface area contributed by atoms with Gasteiger partial charge in [-0.1, -0.05) is 0 Å². The van der Waals surface area contributed by atoms with Crippen LogP contribution >= 0.6 is 0 Å². The maximum Gasteiger partial charge on any atom is 0.410 e. The van der Waals surface area contributed by atoms with Gasteiger partial charge in [0.05, 0.1) is 5.92 Å². The highest BCUT2D eigenvalue weighted by Gasteiger charge is 2.34. The lowest BCUT2D eigenvalue weighted by molar-refractivity contribution is -0.139. The maximum atomic E-state index is 12.7. The second-order valence-corrected chi connectivity index (χ2v) is 7.62. The van der Waals surface area contributed by atoms with Gasteiger partial charge in [0, 0.05) is 45.8 Å². The van der Waals surface area contributed by atoms with Crippen molar-refractivity contribution in [3.63, 3.8) is 0 Å². The van der Waals surface area contributed by atoms with E-state index in [0.717, 1.165) is 25.9 Å². The number of nitrogens with zero attached hydrogens (tertiary/aromatic N) is 3. The molecular formula is C17H30FN3O3. The number of amides is 2. The van der Waals surface area contributed by atoms with Crippen LogP contribution in [0.15, 0.2) is 0 Å². The van der Waals surface area contributed by atoms with E-state index in [1.54, 1.807) is 4.90 Å². The zero-order chi connectivity index (χ0) is 17.7. The van der Waals surface area contributed by atoms with Gasteiger partial charge in [0.15, 0.2) is 0 Å². The van der Waals surface area contributed by atoms with Gasteiger partial charge in [-0.3, -0.25) is 9.69 Å². The molecule has 0 radical (unpaired) electrons. The Morgan fingerprint density at radius 2 is 1.75 bits per heavy atom. The minimum absolute atomic E-state index is 0.114. The van der Waals surface area contributed by atoms with Crippen LogP contribution in [0.25, 0.3) is 0 Å². The first-order valence-corrected chi connectivity index (χ1v) is 8.85. The lowest BCUT2D eigenvalue weighted by atomic mass is 9.96. The third kappa shape index (κ3) is 5.33. The van der Waals surface area contributed by atoms with Crippen LogP contribution in [0.2, 0.25) is 0 Å². The number of halogens is 1. The van der Waals surface area contributed by atoms with E-state index in [1.165, 1.54) is 0 Å². The Balaban J connectivity index is 1.85. The molecule has 2 heterocycles. The van der Waals surface area contributed by atoms with E-state index in [2.05, 4.69) is 0 Å². The highest BCUT2D eigenvalue weighted by Crippen LogP contribution is 2.21. The van der Waals surface area contributed by atoms with E-state index in [4.69, 9.17) is 4.74 Å². The maximum absolute atomic E-state index is 12.7. The number of hydrogen-bond acceptors (Lipinski definition) is 4. The Hall–Kier alpha value is -1.37. The molecule has 7 heteroatoms. The van der Waals surface area contributed by atoms with Crippen molar-refractivity contribution < 1.29 is 18.7 Å². The summed E-state index contributed by atoms with van der Waals surface area (Å²) in [5, 5.41) is 0. The SMILES string of the molecule is CC(C)(C)OC(=O)N1CCC[C@@H](C(=O)N2CCN(CCF)CC2)C1. The molecule has 2 aliphatic heterocycles. The number of carbonyl (C=O) groups excluding carboxylic acids is 2. The number of hydrogen-bond donors (Lipinski definition) is 0. The molecule has 0 spiro atoms. The average Bonchev–Trinajstić information content (AvgIpc) is 2.54. The summed E-state index contributed by atoms with van der Waals surface area (Å²) < 4.78 is 17.8. The van der Waals surface area contributed by atoms with E-state index in [0.29, 0.717) is 32.7 Å². The Morgan fingerprint density at radius 3 is 2.33 bits per heavy atom.